The summed E-state index contributed by atoms with van der Waals surface area (Å²) in [6, 6.07) is 8.14. The van der Waals surface area contributed by atoms with Crippen LogP contribution in [0.2, 0.25) is 0 Å². The molecule has 3 aliphatic heterocycles. The Labute approximate surface area is 234 Å². The minimum atomic E-state index is -3.27. The maximum absolute atomic E-state index is 12.9. The van der Waals surface area contributed by atoms with E-state index >= 15 is 0 Å². The lowest BCUT2D eigenvalue weighted by Crippen LogP contribution is -2.47. The molecule has 0 saturated carbocycles. The molecule has 212 valence electrons. The van der Waals surface area contributed by atoms with Crippen LogP contribution >= 0.6 is 0 Å². The Morgan fingerprint density at radius 2 is 1.62 bits per heavy atom. The van der Waals surface area contributed by atoms with Crippen molar-refractivity contribution >= 4 is 33.4 Å². The molecule has 13 heteroatoms. The van der Waals surface area contributed by atoms with Crippen molar-refractivity contribution in [2.75, 3.05) is 87.4 Å². The Bertz CT molecular complexity index is 1440. The highest BCUT2D eigenvalue weighted by Gasteiger charge is 2.30. The van der Waals surface area contributed by atoms with Crippen molar-refractivity contribution in [1.29, 1.82) is 0 Å². The number of hydrogen-bond acceptors (Lipinski definition) is 11. The minimum absolute atomic E-state index is 0.117. The number of fused-ring (bicyclic) bond motifs is 1. The summed E-state index contributed by atoms with van der Waals surface area (Å²) in [5.74, 6) is 1.87. The number of sulfonamides is 1. The monoisotopic (exact) mass is 565 g/mol. The highest BCUT2D eigenvalue weighted by Crippen LogP contribution is 2.39. The van der Waals surface area contributed by atoms with E-state index in [9.17, 15) is 8.42 Å². The molecule has 0 radical (unpaired) electrons. The molecule has 1 aromatic carbocycles. The molecular weight excluding hydrogens is 530 g/mol. The van der Waals surface area contributed by atoms with E-state index in [1.54, 1.807) is 16.7 Å². The van der Waals surface area contributed by atoms with Crippen LogP contribution in [-0.2, 0) is 27.6 Å². The minimum Gasteiger partial charge on any atom is -0.378 e. The largest absolute Gasteiger partial charge is 0.378 e. The van der Waals surface area contributed by atoms with Gasteiger partial charge in [-0.15, -0.1) is 0 Å². The third-order valence-corrected chi connectivity index (χ3v) is 9.68. The second kappa shape index (κ2) is 11.2. The molecule has 0 aliphatic carbocycles. The zero-order chi connectivity index (χ0) is 27.7. The van der Waals surface area contributed by atoms with Gasteiger partial charge in [-0.3, -0.25) is 0 Å². The molecule has 0 atom stereocenters. The van der Waals surface area contributed by atoms with E-state index in [-0.39, 0.29) is 11.7 Å². The number of ether oxygens (including phenoxy) is 1. The summed E-state index contributed by atoms with van der Waals surface area (Å²) in [7, 11) is -1.25. The standard InChI is InChI=1S/C27H35N9O3S/c1-33-9-11-35(12-10-33)40(37,38)17-7-20-2-4-22(5-3-20)36-8-6-23-24(21-18-29-26(28)30-19-21)31-27(32-25(23)36)34-13-15-39-16-14-34/h2-5,18-19H,6-17H2,1H3,(H2,28,29,30). The van der Waals surface area contributed by atoms with Gasteiger partial charge in [-0.2, -0.15) is 9.29 Å². The van der Waals surface area contributed by atoms with E-state index in [0.717, 1.165) is 73.0 Å². The van der Waals surface area contributed by atoms with E-state index in [1.807, 2.05) is 19.2 Å². The topological polar surface area (TPSA) is 134 Å². The molecule has 3 aliphatic rings. The van der Waals surface area contributed by atoms with Crippen molar-refractivity contribution in [3.63, 3.8) is 0 Å². The maximum atomic E-state index is 12.9. The van der Waals surface area contributed by atoms with Gasteiger partial charge in [0.05, 0.1) is 24.7 Å². The summed E-state index contributed by atoms with van der Waals surface area (Å²) in [5.41, 5.74) is 10.4. The second-order valence-corrected chi connectivity index (χ2v) is 12.5. The number of benzene rings is 1. The Morgan fingerprint density at radius 3 is 2.33 bits per heavy atom. The Hall–Kier alpha value is -3.39. The normalized spacial score (nSPS) is 18.7. The smallest absolute Gasteiger partial charge is 0.228 e. The van der Waals surface area contributed by atoms with Crippen molar-refractivity contribution < 1.29 is 13.2 Å². The maximum Gasteiger partial charge on any atom is 0.228 e. The van der Waals surface area contributed by atoms with Crippen LogP contribution in [0.25, 0.3) is 11.3 Å². The van der Waals surface area contributed by atoms with E-state index < -0.39 is 10.0 Å². The first-order chi connectivity index (χ1) is 19.4. The quantitative estimate of drug-likeness (QED) is 0.442. The Kier molecular flexibility index (Phi) is 7.53. The van der Waals surface area contributed by atoms with Crippen LogP contribution in [0.3, 0.4) is 0 Å². The van der Waals surface area contributed by atoms with Gasteiger partial charge in [0.2, 0.25) is 21.9 Å². The van der Waals surface area contributed by atoms with Gasteiger partial charge in [0.1, 0.15) is 5.82 Å². The fourth-order valence-corrected chi connectivity index (χ4v) is 6.86. The Balaban J connectivity index is 1.23. The predicted octanol–water partition coefficient (Wildman–Crippen LogP) is 1.17. The van der Waals surface area contributed by atoms with E-state index in [0.29, 0.717) is 38.7 Å². The van der Waals surface area contributed by atoms with Crippen molar-refractivity contribution in [1.82, 2.24) is 29.1 Å². The summed E-state index contributed by atoms with van der Waals surface area (Å²) >= 11 is 0. The SMILES string of the molecule is CN1CCN(S(=O)(=O)CCc2ccc(N3CCc4c(-c5cnc(N)nc5)nc(N5CCOCC5)nc43)cc2)CC1. The van der Waals surface area contributed by atoms with Gasteiger partial charge in [0, 0.05) is 75.0 Å². The van der Waals surface area contributed by atoms with Crippen molar-refractivity contribution in [3.8, 4) is 11.3 Å². The average Bonchev–Trinajstić information content (AvgIpc) is 3.41. The molecule has 3 aromatic rings. The van der Waals surface area contributed by atoms with Crippen LogP contribution in [0, 0.1) is 0 Å². The van der Waals surface area contributed by atoms with E-state index in [2.05, 4.69) is 36.8 Å². The third-order valence-electron chi connectivity index (χ3n) is 7.81. The molecule has 2 saturated heterocycles. The lowest BCUT2D eigenvalue weighted by atomic mass is 10.1. The zero-order valence-electron chi connectivity index (χ0n) is 22.7. The first-order valence-electron chi connectivity index (χ1n) is 13.7. The Morgan fingerprint density at radius 1 is 0.925 bits per heavy atom. The van der Waals surface area contributed by atoms with Gasteiger partial charge < -0.3 is 25.2 Å². The van der Waals surface area contributed by atoms with Gasteiger partial charge >= 0.3 is 0 Å². The molecule has 2 aromatic heterocycles. The third kappa shape index (κ3) is 5.59. The number of piperazine rings is 1. The fourth-order valence-electron chi connectivity index (χ4n) is 5.38. The van der Waals surface area contributed by atoms with Gasteiger partial charge in [-0.25, -0.2) is 23.4 Å². The average molecular weight is 566 g/mol. The highest BCUT2D eigenvalue weighted by molar-refractivity contribution is 7.89. The van der Waals surface area contributed by atoms with Crippen LogP contribution in [0.4, 0.5) is 23.4 Å². The molecule has 5 heterocycles. The highest BCUT2D eigenvalue weighted by atomic mass is 32.2. The second-order valence-electron chi connectivity index (χ2n) is 10.4. The number of anilines is 4. The number of morpholine rings is 1. The van der Waals surface area contributed by atoms with E-state index in [1.165, 1.54) is 0 Å². The number of aromatic nitrogens is 4. The first kappa shape index (κ1) is 26.8. The van der Waals surface area contributed by atoms with Gasteiger partial charge in [0.25, 0.3) is 0 Å². The van der Waals surface area contributed by atoms with Crippen LogP contribution in [-0.4, -0.2) is 109 Å². The number of aryl methyl sites for hydroxylation is 1. The molecule has 0 bridgehead atoms. The molecule has 6 rings (SSSR count). The van der Waals surface area contributed by atoms with Crippen LogP contribution < -0.4 is 15.5 Å². The van der Waals surface area contributed by atoms with Crippen LogP contribution in [0.1, 0.15) is 11.1 Å². The number of nitrogen functional groups attached to an aromatic ring is 1. The summed E-state index contributed by atoms with van der Waals surface area (Å²) in [6.45, 7) is 6.15. The van der Waals surface area contributed by atoms with Gasteiger partial charge in [-0.05, 0) is 37.6 Å². The first-order valence-corrected chi connectivity index (χ1v) is 15.3. The molecular formula is C27H35N9O3S. The van der Waals surface area contributed by atoms with Gasteiger partial charge in [0.15, 0.2) is 0 Å². The molecule has 0 unspecified atom stereocenters. The number of likely N-dealkylation sites (N-methyl/N-ethyl adjacent to an activating group) is 1. The molecule has 0 amide bonds. The molecule has 2 N–H and O–H groups in total. The van der Waals surface area contributed by atoms with E-state index in [4.69, 9.17) is 20.4 Å². The molecule has 12 nitrogen and oxygen atoms in total. The zero-order valence-corrected chi connectivity index (χ0v) is 23.6. The summed E-state index contributed by atoms with van der Waals surface area (Å²) in [5, 5.41) is 0. The van der Waals surface area contributed by atoms with Crippen LogP contribution in [0.15, 0.2) is 36.7 Å². The summed E-state index contributed by atoms with van der Waals surface area (Å²) in [4.78, 5) is 24.8. The fraction of sp³-hybridized carbons (Fsp3) is 0.481. The predicted molar refractivity (Wildman–Crippen MR) is 154 cm³/mol. The van der Waals surface area contributed by atoms with Crippen molar-refractivity contribution in [2.45, 2.75) is 12.8 Å². The molecule has 2 fully saturated rings. The number of nitrogens with two attached hydrogens (primary N) is 1. The van der Waals surface area contributed by atoms with Gasteiger partial charge in [-0.1, -0.05) is 12.1 Å². The number of rotatable bonds is 7. The lowest BCUT2D eigenvalue weighted by Gasteiger charge is -2.31. The summed E-state index contributed by atoms with van der Waals surface area (Å²) < 4.78 is 32.9. The molecule has 0 spiro atoms. The summed E-state index contributed by atoms with van der Waals surface area (Å²) in [6.07, 6.45) is 4.68. The van der Waals surface area contributed by atoms with Crippen LogP contribution in [0.5, 0.6) is 0 Å². The van der Waals surface area contributed by atoms with Crippen molar-refractivity contribution in [2.24, 2.45) is 0 Å². The number of hydrogen-bond donors (Lipinski definition) is 1. The number of nitrogens with zero attached hydrogens (tertiary/aromatic N) is 8. The van der Waals surface area contributed by atoms with Crippen molar-refractivity contribution in [3.05, 3.63) is 47.8 Å². The lowest BCUT2D eigenvalue weighted by molar-refractivity contribution is 0.122. The molecule has 40 heavy (non-hydrogen) atoms.